The monoisotopic (exact) mass is 468 g/mol. The summed E-state index contributed by atoms with van der Waals surface area (Å²) < 4.78 is 2.11. The van der Waals surface area contributed by atoms with E-state index in [1.54, 1.807) is 6.07 Å². The van der Waals surface area contributed by atoms with Gasteiger partial charge in [0, 0.05) is 23.3 Å². The highest BCUT2D eigenvalue weighted by atomic mass is 32.1. The Hall–Kier alpha value is -3.64. The quantitative estimate of drug-likeness (QED) is 0.361. The number of thiocarbonyl (C=S) groups is 1. The van der Waals surface area contributed by atoms with Gasteiger partial charge in [-0.3, -0.25) is 4.98 Å². The Labute approximate surface area is 205 Å². The number of hydrogen-bond donors (Lipinski definition) is 2. The predicted octanol–water partition coefficient (Wildman–Crippen LogP) is 5.99. The van der Waals surface area contributed by atoms with Crippen LogP contribution in [0.2, 0.25) is 0 Å². The average molecular weight is 469 g/mol. The van der Waals surface area contributed by atoms with E-state index in [1.807, 2.05) is 42.6 Å². The molecular formula is C28H28N4OS. The number of aromatic hydroxyl groups is 1. The summed E-state index contributed by atoms with van der Waals surface area (Å²) in [4.78, 5) is 6.88. The SMILES string of the molecule is Cc1cc(C)cc(N2C(=S)N[C@@H](c3ccccn3)[C@H]2c2cc(C)n(-c3ccccc3O)c2C)c1. The van der Waals surface area contributed by atoms with Crippen LogP contribution in [0.15, 0.2) is 72.9 Å². The minimum Gasteiger partial charge on any atom is -0.506 e. The maximum Gasteiger partial charge on any atom is 0.174 e. The smallest absolute Gasteiger partial charge is 0.174 e. The summed E-state index contributed by atoms with van der Waals surface area (Å²) in [6.45, 7) is 8.39. The van der Waals surface area contributed by atoms with Crippen molar-refractivity contribution in [2.24, 2.45) is 0 Å². The number of benzene rings is 2. The number of nitrogens with zero attached hydrogens (tertiary/aromatic N) is 3. The number of para-hydroxylation sites is 2. The van der Waals surface area contributed by atoms with Crippen LogP contribution in [0.3, 0.4) is 0 Å². The molecule has 1 aliphatic rings. The van der Waals surface area contributed by atoms with Crippen LogP contribution in [0, 0.1) is 27.7 Å². The molecule has 0 amide bonds. The zero-order valence-corrected chi connectivity index (χ0v) is 20.6. The van der Waals surface area contributed by atoms with E-state index in [1.165, 1.54) is 11.1 Å². The second-order valence-electron chi connectivity index (χ2n) is 8.99. The minimum absolute atomic E-state index is 0.102. The Morgan fingerprint density at radius 3 is 2.29 bits per heavy atom. The van der Waals surface area contributed by atoms with E-state index in [0.717, 1.165) is 34.0 Å². The zero-order chi connectivity index (χ0) is 24.0. The summed E-state index contributed by atoms with van der Waals surface area (Å²) in [5.74, 6) is 0.253. The molecule has 5 rings (SSSR count). The third-order valence-corrected chi connectivity index (χ3v) is 6.81. The van der Waals surface area contributed by atoms with Gasteiger partial charge in [-0.1, -0.05) is 24.3 Å². The highest BCUT2D eigenvalue weighted by Crippen LogP contribution is 2.44. The summed E-state index contributed by atoms with van der Waals surface area (Å²) in [5.41, 5.74) is 8.40. The lowest BCUT2D eigenvalue weighted by Gasteiger charge is -2.29. The van der Waals surface area contributed by atoms with E-state index in [9.17, 15) is 5.11 Å². The van der Waals surface area contributed by atoms with Crippen LogP contribution in [-0.4, -0.2) is 19.8 Å². The Balaban J connectivity index is 1.71. The normalized spacial score (nSPS) is 17.8. The van der Waals surface area contributed by atoms with E-state index < -0.39 is 0 Å². The predicted molar refractivity (Wildman–Crippen MR) is 141 cm³/mol. The number of nitrogens with one attached hydrogen (secondary N) is 1. The maximum atomic E-state index is 10.6. The van der Waals surface area contributed by atoms with E-state index >= 15 is 0 Å². The number of phenolic OH excluding ortho intramolecular Hbond substituents is 1. The molecule has 0 radical (unpaired) electrons. The first-order chi connectivity index (χ1) is 16.3. The van der Waals surface area contributed by atoms with Crippen molar-refractivity contribution < 1.29 is 5.11 Å². The molecule has 2 aromatic heterocycles. The summed E-state index contributed by atoms with van der Waals surface area (Å²) in [7, 11) is 0. The molecule has 6 heteroatoms. The molecule has 0 saturated carbocycles. The molecule has 172 valence electrons. The van der Waals surface area contributed by atoms with Crippen LogP contribution >= 0.6 is 12.2 Å². The van der Waals surface area contributed by atoms with Crippen molar-refractivity contribution in [2.75, 3.05) is 4.90 Å². The lowest BCUT2D eigenvalue weighted by molar-refractivity contribution is 0.471. The highest BCUT2D eigenvalue weighted by molar-refractivity contribution is 7.80. The average Bonchev–Trinajstić information content (AvgIpc) is 3.29. The lowest BCUT2D eigenvalue weighted by atomic mass is 9.96. The third-order valence-electron chi connectivity index (χ3n) is 6.49. The van der Waals surface area contributed by atoms with E-state index in [0.29, 0.717) is 5.11 Å². The fourth-order valence-electron chi connectivity index (χ4n) is 5.15. The maximum absolute atomic E-state index is 10.6. The van der Waals surface area contributed by atoms with Crippen LogP contribution < -0.4 is 10.2 Å². The molecule has 0 spiro atoms. The molecule has 0 bridgehead atoms. The Morgan fingerprint density at radius 1 is 0.912 bits per heavy atom. The molecule has 2 atom stereocenters. The van der Waals surface area contributed by atoms with Crippen LogP contribution in [0.4, 0.5) is 5.69 Å². The van der Waals surface area contributed by atoms with Crippen LogP contribution in [0.5, 0.6) is 5.75 Å². The van der Waals surface area contributed by atoms with Gasteiger partial charge in [-0.25, -0.2) is 0 Å². The van der Waals surface area contributed by atoms with Crippen LogP contribution in [0.1, 0.15) is 45.9 Å². The van der Waals surface area contributed by atoms with Gasteiger partial charge in [-0.2, -0.15) is 0 Å². The number of hydrogen-bond acceptors (Lipinski definition) is 3. The molecule has 34 heavy (non-hydrogen) atoms. The molecule has 2 aromatic carbocycles. The highest BCUT2D eigenvalue weighted by Gasteiger charge is 2.42. The molecular weight excluding hydrogens is 440 g/mol. The first-order valence-electron chi connectivity index (χ1n) is 11.4. The first kappa shape index (κ1) is 22.2. The van der Waals surface area contributed by atoms with Gasteiger partial charge in [-0.05, 0) is 99.1 Å². The van der Waals surface area contributed by atoms with Crippen LogP contribution in [0.25, 0.3) is 5.69 Å². The van der Waals surface area contributed by atoms with E-state index in [2.05, 4.69) is 71.7 Å². The van der Waals surface area contributed by atoms with E-state index in [-0.39, 0.29) is 17.8 Å². The van der Waals surface area contributed by atoms with Gasteiger partial charge in [0.25, 0.3) is 0 Å². The van der Waals surface area contributed by atoms with Gasteiger partial charge >= 0.3 is 0 Å². The Bertz CT molecular complexity index is 1360. The van der Waals surface area contributed by atoms with Crippen molar-refractivity contribution in [3.05, 3.63) is 107 Å². The molecule has 4 aromatic rings. The van der Waals surface area contributed by atoms with E-state index in [4.69, 9.17) is 12.2 Å². The molecule has 1 fully saturated rings. The van der Waals surface area contributed by atoms with Crippen molar-refractivity contribution in [2.45, 2.75) is 39.8 Å². The number of rotatable bonds is 4. The standard InChI is InChI=1S/C28H28N4OS/c1-17-13-18(2)15-21(14-17)32-27(26(30-28(32)34)23-9-7-8-12-29-23)22-16-19(3)31(20(22)4)24-10-5-6-11-25(24)33/h5-16,26-27,33H,1-4H3,(H,30,34)/t26-,27+/m0/s1. The third kappa shape index (κ3) is 3.74. The fraction of sp³-hybridized carbons (Fsp3) is 0.214. The molecule has 3 heterocycles. The topological polar surface area (TPSA) is 53.3 Å². The number of aryl methyl sites for hydroxylation is 3. The fourth-order valence-corrected chi connectivity index (χ4v) is 5.50. The largest absolute Gasteiger partial charge is 0.506 e. The second kappa shape index (κ2) is 8.61. The molecule has 2 N–H and O–H groups in total. The Kier molecular flexibility index (Phi) is 5.62. The number of phenols is 1. The molecule has 0 aliphatic carbocycles. The van der Waals surface area contributed by atoms with Crippen molar-refractivity contribution >= 4 is 23.0 Å². The van der Waals surface area contributed by atoms with Crippen molar-refractivity contribution in [1.82, 2.24) is 14.9 Å². The number of aromatic nitrogens is 2. The van der Waals surface area contributed by atoms with Crippen molar-refractivity contribution in [3.8, 4) is 11.4 Å². The van der Waals surface area contributed by atoms with Gasteiger partial charge in [0.2, 0.25) is 0 Å². The first-order valence-corrected chi connectivity index (χ1v) is 11.8. The minimum atomic E-state index is -0.118. The molecule has 5 nitrogen and oxygen atoms in total. The van der Waals surface area contributed by atoms with Crippen molar-refractivity contribution in [1.29, 1.82) is 0 Å². The molecule has 1 aliphatic heterocycles. The molecule has 1 saturated heterocycles. The van der Waals surface area contributed by atoms with Gasteiger partial charge in [-0.15, -0.1) is 0 Å². The van der Waals surface area contributed by atoms with Crippen LogP contribution in [-0.2, 0) is 0 Å². The van der Waals surface area contributed by atoms with Gasteiger partial charge in [0.1, 0.15) is 5.75 Å². The molecule has 0 unspecified atom stereocenters. The Morgan fingerprint density at radius 2 is 1.62 bits per heavy atom. The summed E-state index contributed by atoms with van der Waals surface area (Å²) in [5, 5.41) is 14.8. The van der Waals surface area contributed by atoms with Gasteiger partial charge < -0.3 is 19.9 Å². The zero-order valence-electron chi connectivity index (χ0n) is 19.8. The number of pyridine rings is 1. The summed E-state index contributed by atoms with van der Waals surface area (Å²) in [6.07, 6.45) is 1.82. The van der Waals surface area contributed by atoms with Gasteiger partial charge in [0.15, 0.2) is 5.11 Å². The second-order valence-corrected chi connectivity index (χ2v) is 9.38. The summed E-state index contributed by atoms with van der Waals surface area (Å²) in [6, 6.07) is 21.9. The van der Waals surface area contributed by atoms with Crippen molar-refractivity contribution in [3.63, 3.8) is 0 Å². The summed E-state index contributed by atoms with van der Waals surface area (Å²) >= 11 is 5.90. The van der Waals surface area contributed by atoms with Gasteiger partial charge in [0.05, 0.1) is 23.5 Å². The lowest BCUT2D eigenvalue weighted by Crippen LogP contribution is -2.29. The number of anilines is 1.